The summed E-state index contributed by atoms with van der Waals surface area (Å²) in [5.41, 5.74) is 7.03. The summed E-state index contributed by atoms with van der Waals surface area (Å²) in [4.78, 5) is 0. The van der Waals surface area contributed by atoms with Gasteiger partial charge in [0.1, 0.15) is 0 Å². The van der Waals surface area contributed by atoms with Crippen molar-refractivity contribution in [3.8, 4) is 0 Å². The second-order valence-corrected chi connectivity index (χ2v) is 4.12. The maximum atomic E-state index is 9.97. The van der Waals surface area contributed by atoms with E-state index in [1.807, 2.05) is 30.3 Å². The summed E-state index contributed by atoms with van der Waals surface area (Å²) in [5.74, 6) is 0.421. The maximum absolute atomic E-state index is 9.97. The minimum atomic E-state index is -0.369. The van der Waals surface area contributed by atoms with Crippen LogP contribution in [0.2, 0.25) is 0 Å². The van der Waals surface area contributed by atoms with Crippen LogP contribution in [0.4, 0.5) is 0 Å². The Morgan fingerprint density at radius 3 is 2.27 bits per heavy atom. The van der Waals surface area contributed by atoms with Gasteiger partial charge in [-0.25, -0.2) is 0 Å². The molecule has 2 nitrogen and oxygen atoms in total. The third kappa shape index (κ3) is 2.71. The van der Waals surface area contributed by atoms with E-state index in [9.17, 15) is 5.11 Å². The third-order valence-corrected chi connectivity index (χ3v) is 3.19. The molecule has 1 fully saturated rings. The quantitative estimate of drug-likeness (QED) is 0.832. The second kappa shape index (κ2) is 5.50. The minimum absolute atomic E-state index is 0. The van der Waals surface area contributed by atoms with Crippen molar-refractivity contribution in [3.63, 3.8) is 0 Å². The van der Waals surface area contributed by atoms with E-state index in [0.717, 1.165) is 18.4 Å². The number of hydrogen-bond donors (Lipinski definition) is 2. The highest BCUT2D eigenvalue weighted by Gasteiger charge is 2.30. The first kappa shape index (κ1) is 12.5. The van der Waals surface area contributed by atoms with E-state index in [1.54, 1.807) is 0 Å². The van der Waals surface area contributed by atoms with Crippen LogP contribution in [-0.2, 0) is 0 Å². The molecule has 0 saturated heterocycles. The van der Waals surface area contributed by atoms with Crippen LogP contribution in [0, 0.1) is 5.92 Å². The smallest absolute Gasteiger partial charge is 0.0760 e. The Labute approximate surface area is 96.9 Å². The lowest BCUT2D eigenvalue weighted by Crippen LogP contribution is -2.36. The van der Waals surface area contributed by atoms with Crippen molar-refractivity contribution in [3.05, 3.63) is 35.9 Å². The Hall–Kier alpha value is -0.570. The summed E-state index contributed by atoms with van der Waals surface area (Å²) in [6.45, 7) is 0. The molecule has 84 valence electrons. The van der Waals surface area contributed by atoms with Gasteiger partial charge in [0.05, 0.1) is 12.1 Å². The average Bonchev–Trinajstić information content (AvgIpc) is 2.15. The molecular formula is C12H18ClNO. The molecule has 0 spiro atoms. The van der Waals surface area contributed by atoms with Crippen LogP contribution in [0.3, 0.4) is 0 Å². The first-order valence-corrected chi connectivity index (χ1v) is 5.27. The van der Waals surface area contributed by atoms with Gasteiger partial charge in [-0.2, -0.15) is 0 Å². The van der Waals surface area contributed by atoms with Gasteiger partial charge in [0.2, 0.25) is 0 Å². The Morgan fingerprint density at radius 1 is 1.20 bits per heavy atom. The van der Waals surface area contributed by atoms with Gasteiger partial charge < -0.3 is 10.8 Å². The molecule has 2 atom stereocenters. The van der Waals surface area contributed by atoms with E-state index in [-0.39, 0.29) is 24.6 Å². The Bertz CT molecular complexity index is 287. The van der Waals surface area contributed by atoms with Crippen LogP contribution in [0.5, 0.6) is 0 Å². The highest BCUT2D eigenvalue weighted by Crippen LogP contribution is 2.34. The first-order valence-electron chi connectivity index (χ1n) is 5.27. The molecule has 0 amide bonds. The van der Waals surface area contributed by atoms with Crippen molar-refractivity contribution in [2.45, 2.75) is 31.4 Å². The Balaban J connectivity index is 0.00000112. The maximum Gasteiger partial charge on any atom is 0.0760 e. The number of benzene rings is 1. The molecule has 1 aliphatic rings. The molecule has 2 rings (SSSR count). The van der Waals surface area contributed by atoms with Crippen molar-refractivity contribution >= 4 is 12.4 Å². The van der Waals surface area contributed by atoms with E-state index >= 15 is 0 Å². The van der Waals surface area contributed by atoms with Gasteiger partial charge in [-0.1, -0.05) is 36.8 Å². The summed E-state index contributed by atoms with van der Waals surface area (Å²) >= 11 is 0. The highest BCUT2D eigenvalue weighted by atomic mass is 35.5. The summed E-state index contributed by atoms with van der Waals surface area (Å²) in [7, 11) is 0. The number of hydrogen-bond acceptors (Lipinski definition) is 2. The van der Waals surface area contributed by atoms with Crippen LogP contribution in [0.15, 0.2) is 30.3 Å². The number of nitrogens with two attached hydrogens (primary N) is 1. The van der Waals surface area contributed by atoms with Gasteiger partial charge in [-0.15, -0.1) is 12.4 Å². The normalized spacial score (nSPS) is 19.9. The van der Waals surface area contributed by atoms with E-state index in [0.29, 0.717) is 5.92 Å². The topological polar surface area (TPSA) is 46.2 Å². The zero-order chi connectivity index (χ0) is 9.97. The lowest BCUT2D eigenvalue weighted by molar-refractivity contribution is 0.0414. The van der Waals surface area contributed by atoms with Crippen LogP contribution in [0.1, 0.15) is 30.9 Å². The fraction of sp³-hybridized carbons (Fsp3) is 0.500. The molecule has 15 heavy (non-hydrogen) atoms. The fourth-order valence-electron chi connectivity index (χ4n) is 1.95. The zero-order valence-corrected chi connectivity index (χ0v) is 9.49. The highest BCUT2D eigenvalue weighted by molar-refractivity contribution is 5.85. The molecule has 0 heterocycles. The molecule has 1 aromatic carbocycles. The second-order valence-electron chi connectivity index (χ2n) is 4.12. The summed E-state index contributed by atoms with van der Waals surface area (Å²) in [5, 5.41) is 9.97. The lowest BCUT2D eigenvalue weighted by atomic mass is 9.77. The van der Waals surface area contributed by atoms with Gasteiger partial charge in [0, 0.05) is 0 Å². The number of aliphatic hydroxyl groups is 1. The van der Waals surface area contributed by atoms with Crippen molar-refractivity contribution < 1.29 is 5.11 Å². The van der Waals surface area contributed by atoms with E-state index in [2.05, 4.69) is 0 Å². The van der Waals surface area contributed by atoms with Gasteiger partial charge in [-0.3, -0.25) is 0 Å². The molecule has 0 aliphatic heterocycles. The minimum Gasteiger partial charge on any atom is -0.391 e. The van der Waals surface area contributed by atoms with E-state index in [1.165, 1.54) is 6.42 Å². The molecular weight excluding hydrogens is 210 g/mol. The van der Waals surface area contributed by atoms with Crippen LogP contribution in [0.25, 0.3) is 0 Å². The average molecular weight is 228 g/mol. The zero-order valence-electron chi connectivity index (χ0n) is 8.67. The lowest BCUT2D eigenvalue weighted by Gasteiger charge is -2.33. The summed E-state index contributed by atoms with van der Waals surface area (Å²) < 4.78 is 0. The van der Waals surface area contributed by atoms with Gasteiger partial charge in [0.25, 0.3) is 0 Å². The summed E-state index contributed by atoms with van der Waals surface area (Å²) in [6, 6.07) is 9.62. The molecule has 1 aromatic rings. The monoisotopic (exact) mass is 227 g/mol. The Kier molecular flexibility index (Phi) is 4.58. The van der Waals surface area contributed by atoms with Crippen LogP contribution in [-0.4, -0.2) is 11.2 Å². The van der Waals surface area contributed by atoms with Gasteiger partial charge in [-0.05, 0) is 24.3 Å². The molecule has 1 aliphatic carbocycles. The van der Waals surface area contributed by atoms with Crippen molar-refractivity contribution in [1.82, 2.24) is 0 Å². The van der Waals surface area contributed by atoms with Crippen LogP contribution < -0.4 is 5.73 Å². The number of rotatable bonds is 3. The van der Waals surface area contributed by atoms with E-state index < -0.39 is 0 Å². The summed E-state index contributed by atoms with van der Waals surface area (Å²) in [6.07, 6.45) is 3.12. The first-order chi connectivity index (χ1) is 6.79. The molecule has 0 unspecified atom stereocenters. The standard InChI is InChI=1S/C12H17NO.ClH/c13-11(9-5-2-1-3-6-9)12(14)10-7-4-8-10;/h1-3,5-6,10-12,14H,4,7-8,13H2;1H/t11-,12+;/m0./s1. The van der Waals surface area contributed by atoms with Crippen molar-refractivity contribution in [2.24, 2.45) is 11.7 Å². The predicted octanol–water partition coefficient (Wildman–Crippen LogP) is 2.27. The number of aliphatic hydroxyl groups excluding tert-OH is 1. The van der Waals surface area contributed by atoms with Crippen molar-refractivity contribution in [2.75, 3.05) is 0 Å². The predicted molar refractivity (Wildman–Crippen MR) is 64.0 cm³/mol. The van der Waals surface area contributed by atoms with Crippen molar-refractivity contribution in [1.29, 1.82) is 0 Å². The fourth-order valence-corrected chi connectivity index (χ4v) is 1.95. The molecule has 0 radical (unpaired) electrons. The molecule has 3 heteroatoms. The Morgan fingerprint density at radius 2 is 1.80 bits per heavy atom. The molecule has 0 bridgehead atoms. The molecule has 3 N–H and O–H groups in total. The van der Waals surface area contributed by atoms with E-state index in [4.69, 9.17) is 5.73 Å². The largest absolute Gasteiger partial charge is 0.391 e. The van der Waals surface area contributed by atoms with Gasteiger partial charge in [0.15, 0.2) is 0 Å². The molecule has 1 saturated carbocycles. The van der Waals surface area contributed by atoms with Gasteiger partial charge >= 0.3 is 0 Å². The molecule has 0 aromatic heterocycles. The third-order valence-electron chi connectivity index (χ3n) is 3.19. The SMILES string of the molecule is Cl.N[C@@H](c1ccccc1)[C@H](O)C1CCC1. The number of halogens is 1. The van der Waals surface area contributed by atoms with Crippen LogP contribution >= 0.6 is 12.4 Å².